The number of benzene rings is 1. The van der Waals surface area contributed by atoms with Gasteiger partial charge in [-0.1, -0.05) is 0 Å². The Morgan fingerprint density at radius 1 is 1.41 bits per heavy atom. The highest BCUT2D eigenvalue weighted by Gasteiger charge is 2.04. The predicted octanol–water partition coefficient (Wildman–Crippen LogP) is 2.69. The molecular formula is C13H17NO2S. The van der Waals surface area contributed by atoms with Gasteiger partial charge in [-0.2, -0.15) is 0 Å². The number of allylic oxidation sites excluding steroid dienone is 1. The standard InChI is InChI=1S/C13H17NO2S/c1-4-14-13(17-3)9-12(15)10-5-7-11(16-2)8-6-10/h5-9,14H,4H2,1-3H3/b13-9+. The molecule has 92 valence electrons. The van der Waals surface area contributed by atoms with E-state index in [1.807, 2.05) is 13.2 Å². The second-order valence-corrected chi connectivity index (χ2v) is 4.18. The summed E-state index contributed by atoms with van der Waals surface area (Å²) < 4.78 is 5.05. The lowest BCUT2D eigenvalue weighted by molar-refractivity contribution is 0.104. The fourth-order valence-corrected chi connectivity index (χ4v) is 1.83. The predicted molar refractivity (Wildman–Crippen MR) is 72.6 cm³/mol. The van der Waals surface area contributed by atoms with Gasteiger partial charge in [0.05, 0.1) is 12.1 Å². The van der Waals surface area contributed by atoms with Crippen molar-refractivity contribution in [3.63, 3.8) is 0 Å². The highest BCUT2D eigenvalue weighted by molar-refractivity contribution is 8.02. The molecule has 0 heterocycles. The van der Waals surface area contributed by atoms with Gasteiger partial charge in [-0.3, -0.25) is 4.79 Å². The van der Waals surface area contributed by atoms with Gasteiger partial charge >= 0.3 is 0 Å². The molecule has 0 aliphatic carbocycles. The number of rotatable bonds is 6. The highest BCUT2D eigenvalue weighted by Crippen LogP contribution is 2.14. The molecule has 0 aromatic heterocycles. The summed E-state index contributed by atoms with van der Waals surface area (Å²) in [4.78, 5) is 11.9. The van der Waals surface area contributed by atoms with Crippen LogP contribution in [-0.2, 0) is 0 Å². The lowest BCUT2D eigenvalue weighted by Gasteiger charge is -2.05. The van der Waals surface area contributed by atoms with E-state index in [0.29, 0.717) is 5.56 Å². The third kappa shape index (κ3) is 4.15. The summed E-state index contributed by atoms with van der Waals surface area (Å²) in [6, 6.07) is 7.10. The molecule has 0 aliphatic rings. The van der Waals surface area contributed by atoms with Gasteiger partial charge in [-0.05, 0) is 37.4 Å². The molecule has 1 aromatic carbocycles. The fourth-order valence-electron chi connectivity index (χ4n) is 1.31. The molecule has 0 amide bonds. The minimum Gasteiger partial charge on any atom is -0.497 e. The molecule has 0 atom stereocenters. The van der Waals surface area contributed by atoms with E-state index in [1.54, 1.807) is 37.5 Å². The van der Waals surface area contributed by atoms with Crippen LogP contribution in [0.2, 0.25) is 0 Å². The number of ether oxygens (including phenoxy) is 1. The topological polar surface area (TPSA) is 38.3 Å². The van der Waals surface area contributed by atoms with Crippen molar-refractivity contribution in [1.29, 1.82) is 0 Å². The molecule has 0 radical (unpaired) electrons. The monoisotopic (exact) mass is 251 g/mol. The molecule has 0 saturated carbocycles. The number of thioether (sulfide) groups is 1. The first kappa shape index (κ1) is 13.6. The van der Waals surface area contributed by atoms with Gasteiger partial charge in [0.1, 0.15) is 5.75 Å². The highest BCUT2D eigenvalue weighted by atomic mass is 32.2. The first-order valence-corrected chi connectivity index (χ1v) is 6.61. The van der Waals surface area contributed by atoms with Crippen LogP contribution in [0.4, 0.5) is 0 Å². The van der Waals surface area contributed by atoms with E-state index in [2.05, 4.69) is 5.32 Å². The third-order valence-electron chi connectivity index (χ3n) is 2.21. The summed E-state index contributed by atoms with van der Waals surface area (Å²) in [5.74, 6) is 0.750. The zero-order chi connectivity index (χ0) is 12.7. The summed E-state index contributed by atoms with van der Waals surface area (Å²) in [6.45, 7) is 2.81. The van der Waals surface area contributed by atoms with Crippen LogP contribution < -0.4 is 10.1 Å². The van der Waals surface area contributed by atoms with Crippen molar-refractivity contribution in [2.75, 3.05) is 19.9 Å². The summed E-state index contributed by atoms with van der Waals surface area (Å²) in [6.07, 6.45) is 3.56. The van der Waals surface area contributed by atoms with Gasteiger partial charge in [0.15, 0.2) is 5.78 Å². The molecule has 1 aromatic rings. The largest absolute Gasteiger partial charge is 0.497 e. The Kier molecular flexibility index (Phi) is 5.63. The average molecular weight is 251 g/mol. The van der Waals surface area contributed by atoms with Crippen LogP contribution in [0.5, 0.6) is 5.75 Å². The van der Waals surface area contributed by atoms with Crippen LogP contribution >= 0.6 is 11.8 Å². The lowest BCUT2D eigenvalue weighted by atomic mass is 10.1. The van der Waals surface area contributed by atoms with Crippen molar-refractivity contribution < 1.29 is 9.53 Å². The Morgan fingerprint density at radius 3 is 2.53 bits per heavy atom. The van der Waals surface area contributed by atoms with Gasteiger partial charge in [0.25, 0.3) is 0 Å². The first-order valence-electron chi connectivity index (χ1n) is 5.39. The van der Waals surface area contributed by atoms with Crippen LogP contribution in [0, 0.1) is 0 Å². The summed E-state index contributed by atoms with van der Waals surface area (Å²) in [5, 5.41) is 4.02. The molecule has 1 N–H and O–H groups in total. The van der Waals surface area contributed by atoms with Crippen LogP contribution in [0.1, 0.15) is 17.3 Å². The minimum atomic E-state index is -0.00190. The van der Waals surface area contributed by atoms with Gasteiger partial charge in [-0.25, -0.2) is 0 Å². The Hall–Kier alpha value is -1.42. The van der Waals surface area contributed by atoms with Crippen molar-refractivity contribution in [2.24, 2.45) is 0 Å². The molecule has 0 unspecified atom stereocenters. The normalized spacial score (nSPS) is 11.1. The summed E-state index contributed by atoms with van der Waals surface area (Å²) in [7, 11) is 1.60. The van der Waals surface area contributed by atoms with Crippen LogP contribution in [0.15, 0.2) is 35.4 Å². The maximum absolute atomic E-state index is 11.9. The van der Waals surface area contributed by atoms with E-state index in [4.69, 9.17) is 4.74 Å². The number of hydrogen-bond acceptors (Lipinski definition) is 4. The van der Waals surface area contributed by atoms with E-state index < -0.39 is 0 Å². The number of ketones is 1. The van der Waals surface area contributed by atoms with Crippen molar-refractivity contribution in [3.8, 4) is 5.75 Å². The molecular weight excluding hydrogens is 234 g/mol. The first-order chi connectivity index (χ1) is 8.21. The SMILES string of the molecule is CCN/C(=C\C(=O)c1ccc(OC)cc1)SC. The van der Waals surface area contributed by atoms with Crippen LogP contribution in [-0.4, -0.2) is 25.7 Å². The maximum Gasteiger partial charge on any atom is 0.188 e. The summed E-state index contributed by atoms with van der Waals surface area (Å²) >= 11 is 1.53. The van der Waals surface area contributed by atoms with E-state index in [1.165, 1.54) is 11.8 Å². The zero-order valence-corrected chi connectivity index (χ0v) is 11.1. The number of carbonyl (C=O) groups excluding carboxylic acids is 1. The van der Waals surface area contributed by atoms with Gasteiger partial charge in [0, 0.05) is 18.2 Å². The zero-order valence-electron chi connectivity index (χ0n) is 10.3. The molecule has 4 heteroatoms. The molecule has 3 nitrogen and oxygen atoms in total. The lowest BCUT2D eigenvalue weighted by Crippen LogP contribution is -2.11. The van der Waals surface area contributed by atoms with Crippen molar-refractivity contribution in [2.45, 2.75) is 6.92 Å². The van der Waals surface area contributed by atoms with Gasteiger partial charge in [0.2, 0.25) is 0 Å². The second-order valence-electron chi connectivity index (χ2n) is 3.34. The molecule has 0 bridgehead atoms. The van der Waals surface area contributed by atoms with Crippen molar-refractivity contribution >= 4 is 17.5 Å². The molecule has 0 spiro atoms. The second kappa shape index (κ2) is 7.01. The quantitative estimate of drug-likeness (QED) is 0.623. The minimum absolute atomic E-state index is 0.00190. The van der Waals surface area contributed by atoms with Gasteiger partial charge in [-0.15, -0.1) is 11.8 Å². The third-order valence-corrected chi connectivity index (χ3v) is 2.91. The number of hydrogen-bond donors (Lipinski definition) is 1. The Labute approximate surface area is 106 Å². The average Bonchev–Trinajstić information content (AvgIpc) is 2.38. The fraction of sp³-hybridized carbons (Fsp3) is 0.308. The van der Waals surface area contributed by atoms with Crippen molar-refractivity contribution in [3.05, 3.63) is 40.9 Å². The van der Waals surface area contributed by atoms with Crippen LogP contribution in [0.25, 0.3) is 0 Å². The molecule has 1 rings (SSSR count). The maximum atomic E-state index is 11.9. The summed E-state index contributed by atoms with van der Waals surface area (Å²) in [5.41, 5.74) is 0.662. The molecule has 0 aliphatic heterocycles. The smallest absolute Gasteiger partial charge is 0.188 e. The Morgan fingerprint density at radius 2 is 2.06 bits per heavy atom. The van der Waals surface area contributed by atoms with E-state index in [0.717, 1.165) is 17.3 Å². The number of nitrogens with one attached hydrogen (secondary N) is 1. The Bertz CT molecular complexity index is 398. The van der Waals surface area contributed by atoms with Crippen LogP contribution in [0.3, 0.4) is 0 Å². The number of methoxy groups -OCH3 is 1. The van der Waals surface area contributed by atoms with Crippen molar-refractivity contribution in [1.82, 2.24) is 5.32 Å². The molecule has 0 fully saturated rings. The van der Waals surface area contributed by atoms with Gasteiger partial charge < -0.3 is 10.1 Å². The Balaban J connectivity index is 2.80. The number of carbonyl (C=O) groups is 1. The molecule has 17 heavy (non-hydrogen) atoms. The van der Waals surface area contributed by atoms with E-state index >= 15 is 0 Å². The molecule has 0 saturated heterocycles. The van der Waals surface area contributed by atoms with E-state index in [9.17, 15) is 4.79 Å². The van der Waals surface area contributed by atoms with E-state index in [-0.39, 0.29) is 5.78 Å².